The summed E-state index contributed by atoms with van der Waals surface area (Å²) in [6, 6.07) is 21.5. The first-order valence-electron chi connectivity index (χ1n) is 14.5. The van der Waals surface area contributed by atoms with Gasteiger partial charge in [0.25, 0.3) is 0 Å². The van der Waals surface area contributed by atoms with Crippen molar-refractivity contribution >= 4 is 0 Å². The number of aliphatic hydroxyl groups excluding tert-OH is 1. The van der Waals surface area contributed by atoms with Crippen molar-refractivity contribution in [1.29, 1.82) is 0 Å². The van der Waals surface area contributed by atoms with E-state index >= 15 is 0 Å². The number of hydrogen-bond acceptors (Lipinski definition) is 4. The Morgan fingerprint density at radius 3 is 2.32 bits per heavy atom. The zero-order chi connectivity index (χ0) is 26.6. The highest BCUT2D eigenvalue weighted by Gasteiger charge is 2.26. The van der Waals surface area contributed by atoms with Gasteiger partial charge in [0, 0.05) is 38.3 Å². The van der Waals surface area contributed by atoms with Crippen molar-refractivity contribution in [3.63, 3.8) is 0 Å². The molecule has 0 bridgehead atoms. The van der Waals surface area contributed by atoms with Crippen LogP contribution in [0.25, 0.3) is 22.3 Å². The summed E-state index contributed by atoms with van der Waals surface area (Å²) in [6.07, 6.45) is 4.73. The van der Waals surface area contributed by atoms with Crippen molar-refractivity contribution in [1.82, 2.24) is 9.80 Å². The molecule has 0 radical (unpaired) electrons. The Hall–Kier alpha value is -2.66. The molecular formula is C34H44N2O2. The summed E-state index contributed by atoms with van der Waals surface area (Å²) in [7, 11) is 0. The number of ether oxygens (including phenoxy) is 1. The fourth-order valence-electron chi connectivity index (χ4n) is 6.53. The molecule has 0 amide bonds. The molecule has 2 atom stereocenters. The maximum Gasteiger partial charge on any atom is 0.122 e. The van der Waals surface area contributed by atoms with Crippen LogP contribution in [0.2, 0.25) is 0 Å². The quantitative estimate of drug-likeness (QED) is 0.327. The van der Waals surface area contributed by atoms with Crippen LogP contribution in [0.4, 0.5) is 0 Å². The molecule has 5 rings (SSSR count). The van der Waals surface area contributed by atoms with Crippen LogP contribution in [-0.4, -0.2) is 59.8 Å². The first kappa shape index (κ1) is 26.9. The third-order valence-corrected chi connectivity index (χ3v) is 8.89. The Balaban J connectivity index is 1.32. The van der Waals surface area contributed by atoms with Gasteiger partial charge in [-0.25, -0.2) is 0 Å². The topological polar surface area (TPSA) is 35.9 Å². The monoisotopic (exact) mass is 512 g/mol. The minimum Gasteiger partial charge on any atom is -0.493 e. The fraction of sp³-hybridized carbons (Fsp3) is 0.471. The normalized spacial score (nSPS) is 20.0. The zero-order valence-electron chi connectivity index (χ0n) is 23.7. The predicted octanol–water partition coefficient (Wildman–Crippen LogP) is 6.63. The second-order valence-electron chi connectivity index (χ2n) is 11.4. The lowest BCUT2D eigenvalue weighted by Crippen LogP contribution is -2.34. The number of nitrogens with zero attached hydrogens (tertiary/aromatic N) is 2. The molecular weight excluding hydrogens is 468 g/mol. The van der Waals surface area contributed by atoms with Gasteiger partial charge in [-0.3, -0.25) is 9.80 Å². The molecule has 38 heavy (non-hydrogen) atoms. The van der Waals surface area contributed by atoms with Crippen LogP contribution in [0, 0.1) is 13.8 Å². The summed E-state index contributed by atoms with van der Waals surface area (Å²) in [5.41, 5.74) is 10.4. The summed E-state index contributed by atoms with van der Waals surface area (Å²) >= 11 is 0. The highest BCUT2D eigenvalue weighted by atomic mass is 16.5. The van der Waals surface area contributed by atoms with Gasteiger partial charge in [-0.2, -0.15) is 0 Å². The predicted molar refractivity (Wildman–Crippen MR) is 158 cm³/mol. The fourth-order valence-corrected chi connectivity index (χ4v) is 6.53. The van der Waals surface area contributed by atoms with Gasteiger partial charge in [-0.05, 0) is 104 Å². The Morgan fingerprint density at radius 1 is 0.842 bits per heavy atom. The molecule has 3 aromatic rings. The molecule has 0 spiro atoms. The zero-order valence-corrected chi connectivity index (χ0v) is 23.7. The number of rotatable bonds is 9. The molecule has 1 saturated heterocycles. The van der Waals surface area contributed by atoms with E-state index in [0.717, 1.165) is 51.4 Å². The maximum atomic E-state index is 9.31. The molecule has 0 unspecified atom stereocenters. The van der Waals surface area contributed by atoms with Crippen LogP contribution in [0.1, 0.15) is 55.4 Å². The van der Waals surface area contributed by atoms with Gasteiger partial charge < -0.3 is 9.84 Å². The van der Waals surface area contributed by atoms with Crippen LogP contribution >= 0.6 is 0 Å². The molecule has 0 aromatic heterocycles. The SMILES string of the molecule is Cc1c(OCCCN2[C@H](C)CC[C@H]2C)cccc1-c1cccc(-c2ccc3c(c2)CCN(CCO)C3)c1C. The standard InChI is InChI=1S/C34H44N2O2/c1-24-12-13-25(2)36(24)17-7-21-38-34-11-6-10-33(27(34)4)32-9-5-8-31(26(32)3)29-14-15-30-23-35(19-20-37)18-16-28(30)22-29/h5-6,8-11,14-15,22,24-25,37H,7,12-13,16-21,23H2,1-4H3/t24-,25-/m1/s1. The van der Waals surface area contributed by atoms with Gasteiger partial charge >= 0.3 is 0 Å². The van der Waals surface area contributed by atoms with Crippen molar-refractivity contribution in [2.45, 2.75) is 72.0 Å². The average molecular weight is 513 g/mol. The first-order valence-corrected chi connectivity index (χ1v) is 14.5. The van der Waals surface area contributed by atoms with E-state index in [4.69, 9.17) is 4.74 Å². The van der Waals surface area contributed by atoms with Crippen LogP contribution in [0.15, 0.2) is 54.6 Å². The summed E-state index contributed by atoms with van der Waals surface area (Å²) in [5.74, 6) is 0.996. The van der Waals surface area contributed by atoms with E-state index in [0.29, 0.717) is 12.1 Å². The van der Waals surface area contributed by atoms with Crippen LogP contribution in [-0.2, 0) is 13.0 Å². The van der Waals surface area contributed by atoms with E-state index in [-0.39, 0.29) is 6.61 Å². The second-order valence-corrected chi connectivity index (χ2v) is 11.4. The number of β-amino-alcohol motifs (C(OH)–C–C–N with tert-alkyl or cyclic N) is 1. The number of aliphatic hydroxyl groups is 1. The number of hydrogen-bond donors (Lipinski definition) is 1. The first-order chi connectivity index (χ1) is 18.5. The van der Waals surface area contributed by atoms with E-state index in [1.807, 2.05) is 0 Å². The maximum absolute atomic E-state index is 9.31. The molecule has 202 valence electrons. The van der Waals surface area contributed by atoms with E-state index in [9.17, 15) is 5.11 Å². The van der Waals surface area contributed by atoms with Gasteiger partial charge in [0.05, 0.1) is 13.2 Å². The van der Waals surface area contributed by atoms with Gasteiger partial charge in [0.15, 0.2) is 0 Å². The van der Waals surface area contributed by atoms with Gasteiger partial charge in [0.2, 0.25) is 0 Å². The third kappa shape index (κ3) is 5.68. The minimum absolute atomic E-state index is 0.224. The number of fused-ring (bicyclic) bond motifs is 1. The molecule has 1 fully saturated rings. The highest BCUT2D eigenvalue weighted by molar-refractivity contribution is 5.80. The molecule has 3 aromatic carbocycles. The summed E-state index contributed by atoms with van der Waals surface area (Å²) in [5, 5.41) is 9.31. The van der Waals surface area contributed by atoms with Crippen LogP contribution in [0.5, 0.6) is 5.75 Å². The van der Waals surface area contributed by atoms with Crippen molar-refractivity contribution in [2.24, 2.45) is 0 Å². The summed E-state index contributed by atoms with van der Waals surface area (Å²) in [4.78, 5) is 4.96. The van der Waals surface area contributed by atoms with Crippen molar-refractivity contribution in [3.05, 3.63) is 76.9 Å². The van der Waals surface area contributed by atoms with E-state index < -0.39 is 0 Å². The Labute approximate surface area is 229 Å². The molecule has 4 nitrogen and oxygen atoms in total. The highest BCUT2D eigenvalue weighted by Crippen LogP contribution is 2.37. The average Bonchev–Trinajstić information content (AvgIpc) is 3.24. The van der Waals surface area contributed by atoms with E-state index in [1.165, 1.54) is 57.3 Å². The molecule has 2 aliphatic rings. The lowest BCUT2D eigenvalue weighted by molar-refractivity contribution is 0.184. The molecule has 2 aliphatic heterocycles. The minimum atomic E-state index is 0.224. The van der Waals surface area contributed by atoms with Crippen molar-refractivity contribution in [2.75, 3.05) is 32.8 Å². The largest absolute Gasteiger partial charge is 0.493 e. The van der Waals surface area contributed by atoms with E-state index in [2.05, 4.69) is 92.1 Å². The Morgan fingerprint density at radius 2 is 1.55 bits per heavy atom. The van der Waals surface area contributed by atoms with Gasteiger partial charge in [0.1, 0.15) is 5.75 Å². The van der Waals surface area contributed by atoms with E-state index in [1.54, 1.807) is 0 Å². The van der Waals surface area contributed by atoms with Crippen LogP contribution < -0.4 is 4.74 Å². The molecule has 4 heteroatoms. The van der Waals surface area contributed by atoms with Crippen molar-refractivity contribution in [3.8, 4) is 28.0 Å². The Bertz CT molecular complexity index is 1240. The second kappa shape index (κ2) is 12.0. The Kier molecular flexibility index (Phi) is 8.52. The third-order valence-electron chi connectivity index (χ3n) is 8.89. The molecule has 1 N–H and O–H groups in total. The van der Waals surface area contributed by atoms with Gasteiger partial charge in [-0.1, -0.05) is 48.5 Å². The number of benzene rings is 3. The smallest absolute Gasteiger partial charge is 0.122 e. The van der Waals surface area contributed by atoms with Crippen molar-refractivity contribution < 1.29 is 9.84 Å². The van der Waals surface area contributed by atoms with Crippen LogP contribution in [0.3, 0.4) is 0 Å². The number of likely N-dealkylation sites (tertiary alicyclic amines) is 1. The molecule has 0 saturated carbocycles. The summed E-state index contributed by atoms with van der Waals surface area (Å²) in [6.45, 7) is 13.9. The lowest BCUT2D eigenvalue weighted by Gasteiger charge is -2.28. The van der Waals surface area contributed by atoms with Gasteiger partial charge in [-0.15, -0.1) is 0 Å². The molecule has 0 aliphatic carbocycles. The molecule has 2 heterocycles. The summed E-state index contributed by atoms with van der Waals surface area (Å²) < 4.78 is 6.33. The lowest BCUT2D eigenvalue weighted by atomic mass is 9.88.